The SMILES string of the molecule is CCOc1ccccc1CNNCC(OC)c1ccccc1. The fourth-order valence-electron chi connectivity index (χ4n) is 2.27. The molecule has 0 amide bonds. The molecule has 0 aromatic heterocycles. The molecule has 0 bridgehead atoms. The maximum atomic E-state index is 5.61. The minimum Gasteiger partial charge on any atom is -0.494 e. The fraction of sp³-hybridized carbons (Fsp3) is 0.333. The van der Waals surface area contributed by atoms with Crippen molar-refractivity contribution in [3.05, 3.63) is 65.7 Å². The summed E-state index contributed by atoms with van der Waals surface area (Å²) in [5, 5.41) is 0. The van der Waals surface area contributed by atoms with E-state index in [1.54, 1.807) is 7.11 Å². The van der Waals surface area contributed by atoms with Crippen LogP contribution < -0.4 is 15.6 Å². The first-order chi connectivity index (χ1) is 10.8. The molecule has 0 aliphatic carbocycles. The second-order valence-corrected chi connectivity index (χ2v) is 4.91. The molecule has 0 saturated carbocycles. The molecule has 0 fully saturated rings. The molecule has 4 heteroatoms. The van der Waals surface area contributed by atoms with Crippen molar-refractivity contribution >= 4 is 0 Å². The molecule has 118 valence electrons. The van der Waals surface area contributed by atoms with Crippen molar-refractivity contribution in [2.75, 3.05) is 20.3 Å². The number of hydrogen-bond acceptors (Lipinski definition) is 4. The Kier molecular flexibility index (Phi) is 6.90. The molecule has 0 aliphatic heterocycles. The molecule has 2 aromatic rings. The zero-order chi connectivity index (χ0) is 15.6. The minimum absolute atomic E-state index is 0.0239. The van der Waals surface area contributed by atoms with Crippen molar-refractivity contribution in [3.8, 4) is 5.75 Å². The summed E-state index contributed by atoms with van der Waals surface area (Å²) in [5.41, 5.74) is 8.74. The van der Waals surface area contributed by atoms with Gasteiger partial charge in [-0.1, -0.05) is 48.5 Å². The van der Waals surface area contributed by atoms with Crippen LogP contribution in [0.5, 0.6) is 5.75 Å². The second kappa shape index (κ2) is 9.20. The number of benzene rings is 2. The van der Waals surface area contributed by atoms with Crippen LogP contribution in [-0.4, -0.2) is 20.3 Å². The van der Waals surface area contributed by atoms with Crippen molar-refractivity contribution in [3.63, 3.8) is 0 Å². The van der Waals surface area contributed by atoms with Gasteiger partial charge in [-0.2, -0.15) is 0 Å². The molecule has 22 heavy (non-hydrogen) atoms. The van der Waals surface area contributed by atoms with E-state index in [1.165, 1.54) is 0 Å². The Morgan fingerprint density at radius 2 is 1.68 bits per heavy atom. The van der Waals surface area contributed by atoms with E-state index in [0.29, 0.717) is 19.7 Å². The molecule has 1 unspecified atom stereocenters. The Hall–Kier alpha value is -1.88. The third-order valence-corrected chi connectivity index (χ3v) is 3.42. The number of hydrazine groups is 1. The lowest BCUT2D eigenvalue weighted by Gasteiger charge is -2.17. The minimum atomic E-state index is 0.0239. The van der Waals surface area contributed by atoms with Gasteiger partial charge in [-0.05, 0) is 18.6 Å². The zero-order valence-electron chi connectivity index (χ0n) is 13.2. The number of rotatable bonds is 9. The van der Waals surface area contributed by atoms with Crippen molar-refractivity contribution < 1.29 is 9.47 Å². The van der Waals surface area contributed by atoms with Crippen LogP contribution in [0.25, 0.3) is 0 Å². The average molecular weight is 300 g/mol. The topological polar surface area (TPSA) is 42.5 Å². The summed E-state index contributed by atoms with van der Waals surface area (Å²) < 4.78 is 11.1. The van der Waals surface area contributed by atoms with Crippen molar-refractivity contribution in [1.29, 1.82) is 0 Å². The summed E-state index contributed by atoms with van der Waals surface area (Å²) in [4.78, 5) is 0. The van der Waals surface area contributed by atoms with E-state index in [2.05, 4.69) is 29.1 Å². The quantitative estimate of drug-likeness (QED) is 0.552. The third kappa shape index (κ3) is 4.84. The molecular formula is C18H24N2O2. The Morgan fingerprint density at radius 3 is 2.41 bits per heavy atom. The maximum absolute atomic E-state index is 5.61. The number of nitrogens with one attached hydrogen (secondary N) is 2. The molecule has 1 atom stereocenters. The highest BCUT2D eigenvalue weighted by atomic mass is 16.5. The molecule has 2 aromatic carbocycles. The summed E-state index contributed by atoms with van der Waals surface area (Å²) in [6.07, 6.45) is 0.0239. The van der Waals surface area contributed by atoms with Crippen LogP contribution in [0, 0.1) is 0 Å². The van der Waals surface area contributed by atoms with Crippen LogP contribution in [0.1, 0.15) is 24.2 Å². The lowest BCUT2D eigenvalue weighted by molar-refractivity contribution is 0.0986. The average Bonchev–Trinajstić information content (AvgIpc) is 2.57. The standard InChI is InChI=1S/C18H24N2O2/c1-3-22-17-12-8-7-11-16(17)13-19-20-14-18(21-2)15-9-5-4-6-10-15/h4-12,18-20H,3,13-14H2,1-2H3. The first-order valence-electron chi connectivity index (χ1n) is 7.59. The van der Waals surface area contributed by atoms with Gasteiger partial charge in [0.1, 0.15) is 5.75 Å². The van der Waals surface area contributed by atoms with E-state index in [9.17, 15) is 0 Å². The van der Waals surface area contributed by atoms with Gasteiger partial charge < -0.3 is 9.47 Å². The van der Waals surface area contributed by atoms with E-state index in [1.807, 2.05) is 43.3 Å². The molecule has 2 N–H and O–H groups in total. The van der Waals surface area contributed by atoms with Crippen molar-refractivity contribution in [2.45, 2.75) is 19.6 Å². The first kappa shape index (κ1) is 16.5. The van der Waals surface area contributed by atoms with Crippen LogP contribution in [0.3, 0.4) is 0 Å². The smallest absolute Gasteiger partial charge is 0.123 e. The first-order valence-corrected chi connectivity index (χ1v) is 7.59. The monoisotopic (exact) mass is 300 g/mol. The van der Waals surface area contributed by atoms with Gasteiger partial charge in [0.15, 0.2) is 0 Å². The lowest BCUT2D eigenvalue weighted by Crippen LogP contribution is -2.35. The highest BCUT2D eigenvalue weighted by Gasteiger charge is 2.09. The second-order valence-electron chi connectivity index (χ2n) is 4.91. The Morgan fingerprint density at radius 1 is 0.955 bits per heavy atom. The number of hydrogen-bond donors (Lipinski definition) is 2. The van der Waals surface area contributed by atoms with Crippen molar-refractivity contribution in [1.82, 2.24) is 10.9 Å². The van der Waals surface area contributed by atoms with Gasteiger partial charge in [-0.3, -0.25) is 10.9 Å². The molecule has 2 rings (SSSR count). The molecule has 0 aliphatic rings. The van der Waals surface area contributed by atoms with Gasteiger partial charge in [-0.25, -0.2) is 0 Å². The summed E-state index contributed by atoms with van der Waals surface area (Å²) in [6, 6.07) is 18.2. The highest BCUT2D eigenvalue weighted by molar-refractivity contribution is 5.33. The van der Waals surface area contributed by atoms with Crippen molar-refractivity contribution in [2.24, 2.45) is 0 Å². The predicted molar refractivity (Wildman–Crippen MR) is 88.6 cm³/mol. The van der Waals surface area contributed by atoms with Gasteiger partial charge >= 0.3 is 0 Å². The normalized spacial score (nSPS) is 12.1. The van der Waals surface area contributed by atoms with Gasteiger partial charge in [0.05, 0.1) is 12.7 Å². The Bertz CT molecular complexity index is 546. The van der Waals surface area contributed by atoms with E-state index in [-0.39, 0.29) is 6.10 Å². The van der Waals surface area contributed by atoms with Gasteiger partial charge in [0.2, 0.25) is 0 Å². The van der Waals surface area contributed by atoms with Gasteiger partial charge in [0.25, 0.3) is 0 Å². The molecule has 0 spiro atoms. The largest absolute Gasteiger partial charge is 0.494 e. The van der Waals surface area contributed by atoms with Gasteiger partial charge in [-0.15, -0.1) is 0 Å². The van der Waals surface area contributed by atoms with Crippen LogP contribution >= 0.6 is 0 Å². The van der Waals surface area contributed by atoms with E-state index in [4.69, 9.17) is 9.47 Å². The summed E-state index contributed by atoms with van der Waals surface area (Å²) >= 11 is 0. The molecule has 0 radical (unpaired) electrons. The molecule has 4 nitrogen and oxygen atoms in total. The van der Waals surface area contributed by atoms with E-state index in [0.717, 1.165) is 16.9 Å². The summed E-state index contributed by atoms with van der Waals surface area (Å²) in [5.74, 6) is 0.922. The fourth-order valence-corrected chi connectivity index (χ4v) is 2.27. The molecule has 0 saturated heterocycles. The highest BCUT2D eigenvalue weighted by Crippen LogP contribution is 2.17. The van der Waals surface area contributed by atoms with Crippen LogP contribution in [0.4, 0.5) is 0 Å². The van der Waals surface area contributed by atoms with Crippen LogP contribution in [-0.2, 0) is 11.3 Å². The summed E-state index contributed by atoms with van der Waals surface area (Å²) in [7, 11) is 1.73. The van der Waals surface area contributed by atoms with Gasteiger partial charge in [0, 0.05) is 25.8 Å². The summed E-state index contributed by atoms with van der Waals surface area (Å²) in [6.45, 7) is 4.05. The van der Waals surface area contributed by atoms with Crippen LogP contribution in [0.2, 0.25) is 0 Å². The maximum Gasteiger partial charge on any atom is 0.123 e. The number of para-hydroxylation sites is 1. The Labute approximate surface area is 132 Å². The molecular weight excluding hydrogens is 276 g/mol. The zero-order valence-corrected chi connectivity index (χ0v) is 13.2. The predicted octanol–water partition coefficient (Wildman–Crippen LogP) is 3.07. The lowest BCUT2D eigenvalue weighted by atomic mass is 10.1. The number of methoxy groups -OCH3 is 1. The Balaban J connectivity index is 1.81. The third-order valence-electron chi connectivity index (χ3n) is 3.42. The number of ether oxygens (including phenoxy) is 2. The van der Waals surface area contributed by atoms with E-state index < -0.39 is 0 Å². The van der Waals surface area contributed by atoms with Crippen LogP contribution in [0.15, 0.2) is 54.6 Å². The molecule has 0 heterocycles. The van der Waals surface area contributed by atoms with E-state index >= 15 is 0 Å².